The van der Waals surface area contributed by atoms with Gasteiger partial charge in [0, 0.05) is 0 Å². The average molecular weight is 251 g/mol. The third-order valence-electron chi connectivity index (χ3n) is 2.12. The molecule has 0 saturated heterocycles. The van der Waals surface area contributed by atoms with Gasteiger partial charge >= 0.3 is 5.97 Å². The van der Waals surface area contributed by atoms with Crippen molar-refractivity contribution in [2.24, 2.45) is 0 Å². The van der Waals surface area contributed by atoms with Gasteiger partial charge in [0.05, 0.1) is 10.6 Å². The second-order valence-corrected chi connectivity index (χ2v) is 3.73. The number of hydrogen-bond acceptors (Lipinski definition) is 2. The van der Waals surface area contributed by atoms with Crippen molar-refractivity contribution in [3.8, 4) is 5.75 Å². The van der Waals surface area contributed by atoms with Crippen LogP contribution in [0.2, 0.25) is 5.02 Å². The number of rotatable bonds is 2. The molecule has 0 aromatic heterocycles. The van der Waals surface area contributed by atoms with Gasteiger partial charge in [0.2, 0.25) is 0 Å². The van der Waals surface area contributed by atoms with Gasteiger partial charge in [-0.05, 0) is 36.4 Å². The topological polar surface area (TPSA) is 26.3 Å². The van der Waals surface area contributed by atoms with Crippen LogP contribution in [-0.4, -0.2) is 5.97 Å². The van der Waals surface area contributed by atoms with Gasteiger partial charge in [0.25, 0.3) is 0 Å². The zero-order valence-corrected chi connectivity index (χ0v) is 9.45. The molecule has 0 aliphatic rings. The van der Waals surface area contributed by atoms with Crippen molar-refractivity contribution >= 4 is 17.6 Å². The third-order valence-corrected chi connectivity index (χ3v) is 2.45. The highest BCUT2D eigenvalue weighted by Crippen LogP contribution is 2.18. The van der Waals surface area contributed by atoms with Crippen molar-refractivity contribution in [3.05, 3.63) is 64.9 Å². The summed E-state index contributed by atoms with van der Waals surface area (Å²) in [5.41, 5.74) is 0.276. The van der Waals surface area contributed by atoms with E-state index >= 15 is 0 Å². The van der Waals surface area contributed by atoms with Gasteiger partial charge in [0.1, 0.15) is 11.6 Å². The van der Waals surface area contributed by atoms with Crippen molar-refractivity contribution in [2.75, 3.05) is 0 Å². The van der Waals surface area contributed by atoms with Crippen LogP contribution in [-0.2, 0) is 0 Å². The summed E-state index contributed by atoms with van der Waals surface area (Å²) < 4.78 is 17.7. The molecule has 0 N–H and O–H groups in total. The molecule has 0 unspecified atom stereocenters. The fourth-order valence-electron chi connectivity index (χ4n) is 1.29. The number of esters is 1. The van der Waals surface area contributed by atoms with Crippen LogP contribution in [0.3, 0.4) is 0 Å². The summed E-state index contributed by atoms with van der Waals surface area (Å²) in [6, 6.07) is 11.8. The number of ether oxygens (including phenoxy) is 1. The van der Waals surface area contributed by atoms with Crippen LogP contribution in [0.1, 0.15) is 10.4 Å². The van der Waals surface area contributed by atoms with E-state index < -0.39 is 5.97 Å². The largest absolute Gasteiger partial charge is 0.423 e. The van der Waals surface area contributed by atoms with E-state index in [2.05, 4.69) is 0 Å². The van der Waals surface area contributed by atoms with Crippen LogP contribution in [0.5, 0.6) is 5.75 Å². The molecule has 0 radical (unpaired) electrons. The highest BCUT2D eigenvalue weighted by molar-refractivity contribution is 6.33. The summed E-state index contributed by atoms with van der Waals surface area (Å²) in [4.78, 5) is 11.7. The number of hydrogen-bond donors (Lipinski definition) is 0. The molecule has 0 saturated carbocycles. The van der Waals surface area contributed by atoms with Gasteiger partial charge in [-0.2, -0.15) is 0 Å². The minimum atomic E-state index is -0.567. The molecule has 0 heterocycles. The smallest absolute Gasteiger partial charge is 0.345 e. The van der Waals surface area contributed by atoms with Crippen LogP contribution >= 0.6 is 11.6 Å². The third kappa shape index (κ3) is 2.82. The maximum absolute atomic E-state index is 12.6. The Morgan fingerprint density at radius 2 is 1.71 bits per heavy atom. The first-order chi connectivity index (χ1) is 8.16. The molecule has 0 fully saturated rings. The van der Waals surface area contributed by atoms with Crippen molar-refractivity contribution < 1.29 is 13.9 Å². The van der Waals surface area contributed by atoms with Crippen molar-refractivity contribution in [1.82, 2.24) is 0 Å². The standard InChI is InChI=1S/C13H8ClFO2/c14-12-4-2-1-3-11(12)13(16)17-10-7-5-9(15)6-8-10/h1-8H. The first kappa shape index (κ1) is 11.6. The van der Waals surface area contributed by atoms with E-state index in [0.717, 1.165) is 0 Å². The Kier molecular flexibility index (Phi) is 3.40. The summed E-state index contributed by atoms with van der Waals surface area (Å²) in [7, 11) is 0. The number of benzene rings is 2. The zero-order chi connectivity index (χ0) is 12.3. The Hall–Kier alpha value is -1.87. The molecular formula is C13H8ClFO2. The molecule has 4 heteroatoms. The van der Waals surface area contributed by atoms with Gasteiger partial charge in [-0.1, -0.05) is 23.7 Å². The molecule has 0 spiro atoms. The number of carbonyl (C=O) groups is 1. The minimum absolute atomic E-state index is 0.274. The maximum Gasteiger partial charge on any atom is 0.345 e. The molecule has 2 rings (SSSR count). The Morgan fingerprint density at radius 3 is 2.35 bits per heavy atom. The van der Waals surface area contributed by atoms with Gasteiger partial charge in [-0.3, -0.25) is 0 Å². The molecule has 0 amide bonds. The lowest BCUT2D eigenvalue weighted by molar-refractivity contribution is 0.0735. The molecule has 2 aromatic carbocycles. The Morgan fingerprint density at radius 1 is 1.06 bits per heavy atom. The van der Waals surface area contributed by atoms with Gasteiger partial charge in [-0.25, -0.2) is 9.18 Å². The number of halogens is 2. The molecule has 0 aliphatic carbocycles. The lowest BCUT2D eigenvalue weighted by Crippen LogP contribution is -2.08. The second kappa shape index (κ2) is 4.97. The highest BCUT2D eigenvalue weighted by atomic mass is 35.5. The van der Waals surface area contributed by atoms with E-state index in [1.54, 1.807) is 24.3 Å². The van der Waals surface area contributed by atoms with Crippen LogP contribution < -0.4 is 4.74 Å². The summed E-state index contributed by atoms with van der Waals surface area (Å²) in [5.74, 6) is -0.680. The molecule has 17 heavy (non-hydrogen) atoms. The van der Waals surface area contributed by atoms with Crippen LogP contribution in [0.15, 0.2) is 48.5 Å². The fraction of sp³-hybridized carbons (Fsp3) is 0. The van der Waals surface area contributed by atoms with E-state index in [1.165, 1.54) is 24.3 Å². The van der Waals surface area contributed by atoms with Gasteiger partial charge < -0.3 is 4.74 Å². The second-order valence-electron chi connectivity index (χ2n) is 3.32. The molecule has 0 aliphatic heterocycles. The van der Waals surface area contributed by atoms with Crippen molar-refractivity contribution in [1.29, 1.82) is 0 Å². The van der Waals surface area contributed by atoms with Crippen LogP contribution in [0.25, 0.3) is 0 Å². The fourth-order valence-corrected chi connectivity index (χ4v) is 1.50. The monoisotopic (exact) mass is 250 g/mol. The molecule has 2 aromatic rings. The summed E-state index contributed by atoms with van der Waals surface area (Å²) >= 11 is 5.85. The van der Waals surface area contributed by atoms with E-state index in [-0.39, 0.29) is 17.1 Å². The molecule has 86 valence electrons. The summed E-state index contributed by atoms with van der Waals surface area (Å²) in [6.07, 6.45) is 0. The van der Waals surface area contributed by atoms with Crippen molar-refractivity contribution in [2.45, 2.75) is 0 Å². The first-order valence-electron chi connectivity index (χ1n) is 4.89. The molecule has 2 nitrogen and oxygen atoms in total. The first-order valence-corrected chi connectivity index (χ1v) is 5.27. The van der Waals surface area contributed by atoms with Gasteiger partial charge in [-0.15, -0.1) is 0 Å². The quantitative estimate of drug-likeness (QED) is 0.600. The van der Waals surface area contributed by atoms with Crippen LogP contribution in [0.4, 0.5) is 4.39 Å². The van der Waals surface area contributed by atoms with E-state index in [4.69, 9.17) is 16.3 Å². The predicted molar refractivity (Wildman–Crippen MR) is 62.8 cm³/mol. The predicted octanol–water partition coefficient (Wildman–Crippen LogP) is 3.70. The molecule has 0 atom stereocenters. The Bertz CT molecular complexity index is 537. The normalized spacial score (nSPS) is 10.0. The lowest BCUT2D eigenvalue weighted by atomic mass is 10.2. The van der Waals surface area contributed by atoms with Crippen molar-refractivity contribution in [3.63, 3.8) is 0 Å². The zero-order valence-electron chi connectivity index (χ0n) is 8.69. The highest BCUT2D eigenvalue weighted by Gasteiger charge is 2.11. The Labute approximate surface area is 103 Å². The van der Waals surface area contributed by atoms with E-state index in [9.17, 15) is 9.18 Å². The average Bonchev–Trinajstić information content (AvgIpc) is 2.32. The summed E-state index contributed by atoms with van der Waals surface area (Å²) in [6.45, 7) is 0. The van der Waals surface area contributed by atoms with Gasteiger partial charge in [0.15, 0.2) is 0 Å². The number of carbonyl (C=O) groups excluding carboxylic acids is 1. The maximum atomic E-state index is 12.6. The van der Waals surface area contributed by atoms with Crippen LogP contribution in [0, 0.1) is 5.82 Å². The summed E-state index contributed by atoms with van der Waals surface area (Å²) in [5, 5.41) is 0.319. The molecule has 0 bridgehead atoms. The van der Waals surface area contributed by atoms with E-state index in [1.807, 2.05) is 0 Å². The lowest BCUT2D eigenvalue weighted by Gasteiger charge is -2.05. The Balaban J connectivity index is 2.17. The minimum Gasteiger partial charge on any atom is -0.423 e. The van der Waals surface area contributed by atoms with E-state index in [0.29, 0.717) is 5.02 Å². The molecular weight excluding hydrogens is 243 g/mol. The SMILES string of the molecule is O=C(Oc1ccc(F)cc1)c1ccccc1Cl.